The maximum absolute atomic E-state index is 10.6. The average molecular weight is 239 g/mol. The van der Waals surface area contributed by atoms with Gasteiger partial charge in [0.25, 0.3) is 0 Å². The van der Waals surface area contributed by atoms with Gasteiger partial charge >= 0.3 is 0 Å². The zero-order valence-electron chi connectivity index (χ0n) is 9.16. The molecule has 0 fully saturated rings. The molecular formula is C12H15ClN2O. The third-order valence-corrected chi connectivity index (χ3v) is 2.27. The molecule has 0 saturated heterocycles. The predicted molar refractivity (Wildman–Crippen MR) is 68.2 cm³/mol. The minimum atomic E-state index is -0.0179. The molecule has 0 aliphatic heterocycles. The summed E-state index contributed by atoms with van der Waals surface area (Å²) in [7, 11) is 0. The van der Waals surface area contributed by atoms with Crippen molar-refractivity contribution in [2.45, 2.75) is 13.3 Å². The molecule has 16 heavy (non-hydrogen) atoms. The van der Waals surface area contributed by atoms with E-state index in [9.17, 15) is 4.79 Å². The molecule has 0 bridgehead atoms. The van der Waals surface area contributed by atoms with Crippen molar-refractivity contribution in [3.8, 4) is 0 Å². The van der Waals surface area contributed by atoms with E-state index in [2.05, 4.69) is 5.32 Å². The number of carbonyl (C=O) groups is 1. The van der Waals surface area contributed by atoms with E-state index in [-0.39, 0.29) is 5.91 Å². The second-order valence-corrected chi connectivity index (χ2v) is 3.88. The Kier molecular flexibility index (Phi) is 4.86. The van der Waals surface area contributed by atoms with E-state index in [4.69, 9.17) is 17.3 Å². The lowest BCUT2D eigenvalue weighted by molar-refractivity contribution is -0.118. The van der Waals surface area contributed by atoms with Crippen molar-refractivity contribution in [3.05, 3.63) is 34.9 Å². The van der Waals surface area contributed by atoms with Gasteiger partial charge in [0.2, 0.25) is 5.91 Å². The van der Waals surface area contributed by atoms with E-state index >= 15 is 0 Å². The Hall–Kier alpha value is -1.48. The highest BCUT2D eigenvalue weighted by Gasteiger charge is 1.95. The third-order valence-electron chi connectivity index (χ3n) is 2.03. The molecule has 1 rings (SSSR count). The van der Waals surface area contributed by atoms with Crippen LogP contribution in [-0.2, 0) is 4.79 Å². The Morgan fingerprint density at radius 3 is 3.00 bits per heavy atom. The molecule has 1 aromatic rings. The second kappa shape index (κ2) is 6.18. The Bertz CT molecular complexity index is 402. The molecule has 86 valence electrons. The van der Waals surface area contributed by atoms with Crippen molar-refractivity contribution in [1.29, 1.82) is 0 Å². The number of hydrogen-bond acceptors (Lipinski definition) is 2. The first-order valence-corrected chi connectivity index (χ1v) is 5.43. The minimum absolute atomic E-state index is 0.0179. The number of hydrogen-bond donors (Lipinski definition) is 2. The van der Waals surface area contributed by atoms with Crippen LogP contribution in [0, 0.1) is 0 Å². The zero-order chi connectivity index (χ0) is 12.0. The molecular weight excluding hydrogens is 224 g/mol. The maximum Gasteiger partial charge on any atom is 0.216 e. The normalized spacial score (nSPS) is 10.6. The van der Waals surface area contributed by atoms with Crippen LogP contribution in [-0.4, -0.2) is 12.5 Å². The summed E-state index contributed by atoms with van der Waals surface area (Å²) in [6.07, 6.45) is 4.63. The summed E-state index contributed by atoms with van der Waals surface area (Å²) in [5, 5.41) is 3.37. The van der Waals surface area contributed by atoms with Gasteiger partial charge in [-0.25, -0.2) is 0 Å². The molecule has 0 unspecified atom stereocenters. The Labute approximate surface area is 100 Å². The number of amides is 1. The molecule has 0 aliphatic carbocycles. The number of rotatable bonds is 4. The highest BCUT2D eigenvalue weighted by Crippen LogP contribution is 2.19. The van der Waals surface area contributed by atoms with Gasteiger partial charge in [-0.15, -0.1) is 0 Å². The number of carbonyl (C=O) groups excluding carboxylic acids is 1. The number of nitrogens with one attached hydrogen (secondary N) is 1. The summed E-state index contributed by atoms with van der Waals surface area (Å²) < 4.78 is 0. The first-order valence-electron chi connectivity index (χ1n) is 5.05. The van der Waals surface area contributed by atoms with E-state index in [1.807, 2.05) is 18.2 Å². The fourth-order valence-electron chi connectivity index (χ4n) is 1.23. The molecule has 0 spiro atoms. The SMILES string of the molecule is CC(=O)NCCC=Cc1cc(Cl)ccc1N. The first-order chi connectivity index (χ1) is 7.59. The number of halogens is 1. The number of nitrogens with two attached hydrogens (primary N) is 1. The lowest BCUT2D eigenvalue weighted by atomic mass is 10.1. The van der Waals surface area contributed by atoms with Crippen LogP contribution >= 0.6 is 11.6 Å². The maximum atomic E-state index is 10.6. The topological polar surface area (TPSA) is 55.1 Å². The highest BCUT2D eigenvalue weighted by atomic mass is 35.5. The van der Waals surface area contributed by atoms with E-state index in [1.165, 1.54) is 6.92 Å². The van der Waals surface area contributed by atoms with E-state index < -0.39 is 0 Å². The molecule has 4 heteroatoms. The van der Waals surface area contributed by atoms with Crippen LogP contribution in [0.1, 0.15) is 18.9 Å². The Morgan fingerprint density at radius 2 is 2.31 bits per heavy atom. The molecule has 1 amide bonds. The third kappa shape index (κ3) is 4.36. The van der Waals surface area contributed by atoms with Crippen molar-refractivity contribution < 1.29 is 4.79 Å². The van der Waals surface area contributed by atoms with E-state index in [1.54, 1.807) is 12.1 Å². The lowest BCUT2D eigenvalue weighted by Crippen LogP contribution is -2.20. The molecule has 0 saturated carbocycles. The van der Waals surface area contributed by atoms with Crippen molar-refractivity contribution in [1.82, 2.24) is 5.32 Å². The molecule has 0 aromatic heterocycles. The van der Waals surface area contributed by atoms with Crippen LogP contribution in [0.3, 0.4) is 0 Å². The van der Waals surface area contributed by atoms with Gasteiger partial charge in [0.1, 0.15) is 0 Å². The molecule has 3 N–H and O–H groups in total. The summed E-state index contributed by atoms with van der Waals surface area (Å²) in [6, 6.07) is 5.34. The van der Waals surface area contributed by atoms with Crippen LogP contribution in [0.2, 0.25) is 5.02 Å². The van der Waals surface area contributed by atoms with Gasteiger partial charge in [-0.05, 0) is 30.2 Å². The monoisotopic (exact) mass is 238 g/mol. The van der Waals surface area contributed by atoms with Crippen LogP contribution in [0.5, 0.6) is 0 Å². The lowest BCUT2D eigenvalue weighted by Gasteiger charge is -2.01. The molecule has 1 aromatic carbocycles. The summed E-state index contributed by atoms with van der Waals surface area (Å²) in [4.78, 5) is 10.6. The largest absolute Gasteiger partial charge is 0.398 e. The van der Waals surface area contributed by atoms with Crippen LogP contribution in [0.4, 0.5) is 5.69 Å². The number of nitrogen functional groups attached to an aromatic ring is 1. The van der Waals surface area contributed by atoms with E-state index in [0.717, 1.165) is 12.0 Å². The molecule has 0 aliphatic rings. The van der Waals surface area contributed by atoms with Crippen molar-refractivity contribution >= 4 is 29.3 Å². The van der Waals surface area contributed by atoms with Crippen LogP contribution in [0.15, 0.2) is 24.3 Å². The fraction of sp³-hybridized carbons (Fsp3) is 0.250. The summed E-state index contributed by atoms with van der Waals surface area (Å²) in [5.41, 5.74) is 7.37. The highest BCUT2D eigenvalue weighted by molar-refractivity contribution is 6.30. The van der Waals surface area contributed by atoms with Gasteiger partial charge in [-0.1, -0.05) is 23.8 Å². The van der Waals surface area contributed by atoms with Crippen molar-refractivity contribution in [2.75, 3.05) is 12.3 Å². The Morgan fingerprint density at radius 1 is 1.56 bits per heavy atom. The van der Waals surface area contributed by atoms with Crippen LogP contribution < -0.4 is 11.1 Å². The van der Waals surface area contributed by atoms with Gasteiger partial charge in [0, 0.05) is 24.2 Å². The standard InChI is InChI=1S/C12H15ClN2O/c1-9(16)15-7-3-2-4-10-8-11(13)5-6-12(10)14/h2,4-6,8H,3,7,14H2,1H3,(H,15,16). The minimum Gasteiger partial charge on any atom is -0.398 e. The zero-order valence-corrected chi connectivity index (χ0v) is 9.92. The molecule has 0 radical (unpaired) electrons. The van der Waals surface area contributed by atoms with Gasteiger partial charge < -0.3 is 11.1 Å². The first kappa shape index (κ1) is 12.6. The molecule has 3 nitrogen and oxygen atoms in total. The quantitative estimate of drug-likeness (QED) is 0.625. The summed E-state index contributed by atoms with van der Waals surface area (Å²) in [6.45, 7) is 2.13. The van der Waals surface area contributed by atoms with Gasteiger partial charge in [-0.3, -0.25) is 4.79 Å². The fourth-order valence-corrected chi connectivity index (χ4v) is 1.41. The smallest absolute Gasteiger partial charge is 0.216 e. The number of benzene rings is 1. The average Bonchev–Trinajstić information content (AvgIpc) is 2.22. The molecule has 0 heterocycles. The van der Waals surface area contributed by atoms with E-state index in [0.29, 0.717) is 17.3 Å². The summed E-state index contributed by atoms with van der Waals surface area (Å²) >= 11 is 5.85. The summed E-state index contributed by atoms with van der Waals surface area (Å²) in [5.74, 6) is -0.0179. The van der Waals surface area contributed by atoms with Gasteiger partial charge in [0.15, 0.2) is 0 Å². The molecule has 0 atom stereocenters. The Balaban J connectivity index is 2.49. The van der Waals surface area contributed by atoms with Crippen LogP contribution in [0.25, 0.3) is 6.08 Å². The van der Waals surface area contributed by atoms with Gasteiger partial charge in [-0.2, -0.15) is 0 Å². The van der Waals surface area contributed by atoms with Crippen molar-refractivity contribution in [3.63, 3.8) is 0 Å². The van der Waals surface area contributed by atoms with Gasteiger partial charge in [0.05, 0.1) is 0 Å². The predicted octanol–water partition coefficient (Wildman–Crippen LogP) is 2.46. The second-order valence-electron chi connectivity index (χ2n) is 3.45. The number of anilines is 1. The van der Waals surface area contributed by atoms with Crippen molar-refractivity contribution in [2.24, 2.45) is 0 Å².